The van der Waals surface area contributed by atoms with Crippen LogP contribution >= 0.6 is 11.8 Å². The number of thioether (sulfide) groups is 1. The Bertz CT molecular complexity index is 335. The molecule has 0 fully saturated rings. The first kappa shape index (κ1) is 11.8. The van der Waals surface area contributed by atoms with Gasteiger partial charge in [-0.2, -0.15) is 0 Å². The summed E-state index contributed by atoms with van der Waals surface area (Å²) in [6.45, 7) is 1.48. The van der Waals surface area contributed by atoms with Crippen molar-refractivity contribution in [2.45, 2.75) is 18.2 Å². The molecule has 4 heteroatoms. The van der Waals surface area contributed by atoms with Crippen molar-refractivity contribution in [3.8, 4) is 0 Å². The molecule has 0 unspecified atom stereocenters. The van der Waals surface area contributed by atoms with Gasteiger partial charge in [0.15, 0.2) is 0 Å². The van der Waals surface area contributed by atoms with Gasteiger partial charge in [-0.05, 0) is 24.3 Å². The number of carbonyl (C=O) groups excluding carboxylic acids is 2. The van der Waals surface area contributed by atoms with E-state index in [1.165, 1.54) is 6.92 Å². The van der Waals surface area contributed by atoms with Crippen LogP contribution in [-0.4, -0.2) is 17.9 Å². The number of anilines is 1. The van der Waals surface area contributed by atoms with E-state index in [2.05, 4.69) is 5.32 Å². The minimum Gasteiger partial charge on any atom is -0.326 e. The minimum absolute atomic E-state index is 0.0728. The topological polar surface area (TPSA) is 46.2 Å². The molecular formula is C11H13NO2S. The molecule has 1 aromatic rings. The van der Waals surface area contributed by atoms with E-state index >= 15 is 0 Å². The number of carbonyl (C=O) groups is 2. The zero-order valence-corrected chi connectivity index (χ0v) is 9.34. The van der Waals surface area contributed by atoms with Crippen molar-refractivity contribution in [3.05, 3.63) is 24.3 Å². The largest absolute Gasteiger partial charge is 0.326 e. The molecule has 0 atom stereocenters. The molecule has 0 spiro atoms. The Labute approximate surface area is 93.3 Å². The summed E-state index contributed by atoms with van der Waals surface area (Å²) >= 11 is 1.63. The highest BCUT2D eigenvalue weighted by Crippen LogP contribution is 2.20. The third-order valence-corrected chi connectivity index (χ3v) is 2.72. The maximum absolute atomic E-state index is 10.8. The van der Waals surface area contributed by atoms with Crippen molar-refractivity contribution < 1.29 is 9.59 Å². The number of aldehydes is 1. The highest BCUT2D eigenvalue weighted by molar-refractivity contribution is 7.99. The van der Waals surface area contributed by atoms with E-state index in [0.29, 0.717) is 6.42 Å². The second-order valence-corrected chi connectivity index (χ2v) is 4.18. The quantitative estimate of drug-likeness (QED) is 0.473. The van der Waals surface area contributed by atoms with Crippen LogP contribution in [0.2, 0.25) is 0 Å². The van der Waals surface area contributed by atoms with Crippen molar-refractivity contribution in [2.75, 3.05) is 11.1 Å². The van der Waals surface area contributed by atoms with Gasteiger partial charge in [-0.15, -0.1) is 11.8 Å². The van der Waals surface area contributed by atoms with Gasteiger partial charge in [-0.1, -0.05) is 0 Å². The minimum atomic E-state index is -0.0728. The Morgan fingerprint density at radius 1 is 1.40 bits per heavy atom. The summed E-state index contributed by atoms with van der Waals surface area (Å²) in [6.07, 6.45) is 1.48. The number of nitrogens with one attached hydrogen (secondary N) is 1. The van der Waals surface area contributed by atoms with Crippen LogP contribution in [0.4, 0.5) is 5.69 Å². The van der Waals surface area contributed by atoms with Crippen molar-refractivity contribution in [2.24, 2.45) is 0 Å². The molecule has 1 aromatic carbocycles. The molecule has 0 aliphatic heterocycles. The van der Waals surface area contributed by atoms with Crippen LogP contribution < -0.4 is 5.32 Å². The lowest BCUT2D eigenvalue weighted by Crippen LogP contribution is -2.05. The Hall–Kier alpha value is -1.29. The molecule has 3 nitrogen and oxygen atoms in total. The predicted molar refractivity (Wildman–Crippen MR) is 62.2 cm³/mol. The Balaban J connectivity index is 2.48. The van der Waals surface area contributed by atoms with E-state index in [0.717, 1.165) is 22.6 Å². The number of hydrogen-bond donors (Lipinski definition) is 1. The fourth-order valence-corrected chi connectivity index (χ4v) is 1.84. The summed E-state index contributed by atoms with van der Waals surface area (Å²) in [5.74, 6) is 0.722. The van der Waals surface area contributed by atoms with E-state index in [-0.39, 0.29) is 5.91 Å². The van der Waals surface area contributed by atoms with Crippen LogP contribution in [0.3, 0.4) is 0 Å². The van der Waals surface area contributed by atoms with Crippen LogP contribution in [-0.2, 0) is 9.59 Å². The van der Waals surface area contributed by atoms with Crippen molar-refractivity contribution in [3.63, 3.8) is 0 Å². The number of benzene rings is 1. The van der Waals surface area contributed by atoms with E-state index in [1.54, 1.807) is 11.8 Å². The highest BCUT2D eigenvalue weighted by atomic mass is 32.2. The van der Waals surface area contributed by atoms with E-state index in [1.807, 2.05) is 24.3 Å². The van der Waals surface area contributed by atoms with Crippen LogP contribution in [0.25, 0.3) is 0 Å². The molecule has 1 rings (SSSR count). The molecule has 0 saturated carbocycles. The zero-order chi connectivity index (χ0) is 11.1. The second-order valence-electron chi connectivity index (χ2n) is 3.01. The van der Waals surface area contributed by atoms with Gasteiger partial charge in [-0.3, -0.25) is 4.79 Å². The standard InChI is InChI=1S/C11H13NO2S/c1-9(14)12-10-3-5-11(6-4-10)15-8-2-7-13/h3-7H,2,8H2,1H3,(H,12,14). The summed E-state index contributed by atoms with van der Waals surface area (Å²) < 4.78 is 0. The fraction of sp³-hybridized carbons (Fsp3) is 0.273. The Morgan fingerprint density at radius 3 is 2.60 bits per heavy atom. The molecule has 0 aromatic heterocycles. The molecule has 15 heavy (non-hydrogen) atoms. The van der Waals surface area contributed by atoms with Crippen molar-refractivity contribution in [1.82, 2.24) is 0 Å². The van der Waals surface area contributed by atoms with Gasteiger partial charge in [-0.25, -0.2) is 0 Å². The summed E-state index contributed by atoms with van der Waals surface area (Å²) in [4.78, 5) is 22.0. The number of rotatable bonds is 5. The molecule has 0 bridgehead atoms. The third kappa shape index (κ3) is 4.65. The number of amides is 1. The first-order valence-corrected chi connectivity index (χ1v) is 5.65. The van der Waals surface area contributed by atoms with Gasteiger partial charge >= 0.3 is 0 Å². The van der Waals surface area contributed by atoms with Gasteiger partial charge < -0.3 is 10.1 Å². The van der Waals surface area contributed by atoms with Gasteiger partial charge in [0, 0.05) is 29.7 Å². The summed E-state index contributed by atoms with van der Waals surface area (Å²) in [7, 11) is 0. The molecule has 0 radical (unpaired) electrons. The third-order valence-electron chi connectivity index (χ3n) is 1.68. The smallest absolute Gasteiger partial charge is 0.221 e. The maximum atomic E-state index is 10.8. The normalized spacial score (nSPS) is 9.67. The molecule has 80 valence electrons. The summed E-state index contributed by atoms with van der Waals surface area (Å²) in [5, 5.41) is 2.69. The lowest BCUT2D eigenvalue weighted by atomic mass is 10.3. The van der Waals surface area contributed by atoms with E-state index in [4.69, 9.17) is 0 Å². The van der Waals surface area contributed by atoms with E-state index in [9.17, 15) is 9.59 Å². The molecular weight excluding hydrogens is 210 g/mol. The average Bonchev–Trinajstić information content (AvgIpc) is 2.20. The van der Waals surface area contributed by atoms with Crippen LogP contribution in [0.1, 0.15) is 13.3 Å². The van der Waals surface area contributed by atoms with Gasteiger partial charge in [0.25, 0.3) is 0 Å². The molecule has 1 N–H and O–H groups in total. The Morgan fingerprint density at radius 2 is 2.07 bits per heavy atom. The van der Waals surface area contributed by atoms with Crippen LogP contribution in [0, 0.1) is 0 Å². The van der Waals surface area contributed by atoms with Crippen molar-refractivity contribution in [1.29, 1.82) is 0 Å². The van der Waals surface area contributed by atoms with Crippen LogP contribution in [0.5, 0.6) is 0 Å². The highest BCUT2D eigenvalue weighted by Gasteiger charge is 1.96. The van der Waals surface area contributed by atoms with Gasteiger partial charge in [0.05, 0.1) is 0 Å². The van der Waals surface area contributed by atoms with Crippen molar-refractivity contribution >= 4 is 29.6 Å². The second kappa shape index (κ2) is 6.24. The first-order valence-electron chi connectivity index (χ1n) is 4.66. The van der Waals surface area contributed by atoms with Gasteiger partial charge in [0.1, 0.15) is 6.29 Å². The molecule has 0 saturated heterocycles. The lowest BCUT2D eigenvalue weighted by molar-refractivity contribution is -0.114. The maximum Gasteiger partial charge on any atom is 0.221 e. The predicted octanol–water partition coefficient (Wildman–Crippen LogP) is 2.33. The molecule has 1 amide bonds. The SMILES string of the molecule is CC(=O)Nc1ccc(SCCC=O)cc1. The fourth-order valence-electron chi connectivity index (χ4n) is 1.06. The summed E-state index contributed by atoms with van der Waals surface area (Å²) in [6, 6.07) is 7.57. The molecule has 0 heterocycles. The Kier molecular flexibility index (Phi) is 4.90. The average molecular weight is 223 g/mol. The molecule has 0 aliphatic rings. The first-order chi connectivity index (χ1) is 7.22. The van der Waals surface area contributed by atoms with Crippen LogP contribution in [0.15, 0.2) is 29.2 Å². The van der Waals surface area contributed by atoms with E-state index < -0.39 is 0 Å². The molecule has 0 aliphatic carbocycles. The summed E-state index contributed by atoms with van der Waals surface area (Å²) in [5.41, 5.74) is 0.794. The zero-order valence-electron chi connectivity index (χ0n) is 8.53. The lowest BCUT2D eigenvalue weighted by Gasteiger charge is -2.03. The monoisotopic (exact) mass is 223 g/mol. The van der Waals surface area contributed by atoms with Gasteiger partial charge in [0.2, 0.25) is 5.91 Å². The number of hydrogen-bond acceptors (Lipinski definition) is 3.